The third kappa shape index (κ3) is 1.90. The minimum atomic E-state index is -0.384. The summed E-state index contributed by atoms with van der Waals surface area (Å²) in [5.41, 5.74) is 3.20. The number of nitrogens with zero attached hydrogens (tertiary/aromatic N) is 2. The number of anilines is 2. The lowest BCUT2D eigenvalue weighted by atomic mass is 9.74. The van der Waals surface area contributed by atoms with Gasteiger partial charge in [-0.3, -0.25) is 4.79 Å². The Kier molecular flexibility index (Phi) is 2.93. The molecule has 1 fully saturated rings. The van der Waals surface area contributed by atoms with E-state index < -0.39 is 0 Å². The van der Waals surface area contributed by atoms with E-state index in [-0.39, 0.29) is 11.3 Å². The number of aryl methyl sites for hydroxylation is 1. The smallest absolute Gasteiger partial charge is 0.236 e. The normalized spacial score (nSPS) is 19.1. The molecule has 4 rings (SSSR count). The van der Waals surface area contributed by atoms with E-state index in [9.17, 15) is 4.79 Å². The van der Waals surface area contributed by atoms with Crippen molar-refractivity contribution >= 4 is 17.4 Å². The molecule has 3 heterocycles. The van der Waals surface area contributed by atoms with Crippen LogP contribution in [0.4, 0.5) is 11.5 Å². The van der Waals surface area contributed by atoms with Gasteiger partial charge in [0, 0.05) is 30.5 Å². The summed E-state index contributed by atoms with van der Waals surface area (Å²) < 4.78 is 0. The highest BCUT2D eigenvalue weighted by molar-refractivity contribution is 6.05. The Balaban J connectivity index is 1.59. The number of hydrogen-bond donors (Lipinski definition) is 1. The monoisotopic (exact) mass is 293 g/mol. The summed E-state index contributed by atoms with van der Waals surface area (Å²) in [5, 5.41) is 2.95. The first-order valence-electron chi connectivity index (χ1n) is 7.78. The second-order valence-electron chi connectivity index (χ2n) is 6.26. The highest BCUT2D eigenvalue weighted by Crippen LogP contribution is 2.44. The molecule has 1 aromatic carbocycles. The molecule has 1 aromatic heterocycles. The van der Waals surface area contributed by atoms with Gasteiger partial charge >= 0.3 is 0 Å². The fourth-order valence-corrected chi connectivity index (χ4v) is 3.64. The number of hydrogen-bond acceptors (Lipinski definition) is 3. The number of amides is 1. The van der Waals surface area contributed by atoms with Gasteiger partial charge in [-0.25, -0.2) is 4.98 Å². The van der Waals surface area contributed by atoms with Crippen molar-refractivity contribution in [2.75, 3.05) is 23.3 Å². The number of benzene rings is 1. The molecule has 112 valence electrons. The number of fused-ring (bicyclic) bond motifs is 2. The first-order valence-corrected chi connectivity index (χ1v) is 7.78. The van der Waals surface area contributed by atoms with Crippen LogP contribution in [0.5, 0.6) is 0 Å². The zero-order chi connectivity index (χ0) is 15.2. The topological polar surface area (TPSA) is 45.2 Å². The maximum Gasteiger partial charge on any atom is 0.236 e. The molecule has 1 spiro atoms. The molecule has 0 radical (unpaired) electrons. The molecule has 0 unspecified atom stereocenters. The van der Waals surface area contributed by atoms with Crippen molar-refractivity contribution < 1.29 is 4.79 Å². The van der Waals surface area contributed by atoms with Crippen molar-refractivity contribution in [2.24, 2.45) is 0 Å². The summed E-state index contributed by atoms with van der Waals surface area (Å²) in [5.74, 6) is 0.862. The highest BCUT2D eigenvalue weighted by Gasteiger charge is 2.48. The second kappa shape index (κ2) is 4.83. The van der Waals surface area contributed by atoms with Gasteiger partial charge in [0.25, 0.3) is 0 Å². The minimum absolute atomic E-state index is 0.116. The van der Waals surface area contributed by atoms with Gasteiger partial charge in [-0.05, 0) is 38.0 Å². The van der Waals surface area contributed by atoms with E-state index in [1.54, 1.807) is 6.20 Å². The Bertz CT molecular complexity index is 715. The molecule has 4 nitrogen and oxygen atoms in total. The van der Waals surface area contributed by atoms with Crippen molar-refractivity contribution in [1.82, 2.24) is 4.98 Å². The summed E-state index contributed by atoms with van der Waals surface area (Å²) in [6.45, 7) is 3.89. The van der Waals surface area contributed by atoms with Gasteiger partial charge in [0.1, 0.15) is 5.82 Å². The van der Waals surface area contributed by atoms with Crippen molar-refractivity contribution in [3.8, 4) is 0 Å². The lowest BCUT2D eigenvalue weighted by Crippen LogP contribution is -2.46. The van der Waals surface area contributed by atoms with Crippen LogP contribution in [-0.4, -0.2) is 24.0 Å². The van der Waals surface area contributed by atoms with E-state index in [2.05, 4.69) is 46.4 Å². The predicted molar refractivity (Wildman–Crippen MR) is 87.2 cm³/mol. The lowest BCUT2D eigenvalue weighted by molar-refractivity contribution is -0.121. The molecule has 1 amide bonds. The Morgan fingerprint density at radius 3 is 2.59 bits per heavy atom. The summed E-state index contributed by atoms with van der Waals surface area (Å²) in [7, 11) is 0. The van der Waals surface area contributed by atoms with Crippen molar-refractivity contribution in [3.05, 3.63) is 53.7 Å². The zero-order valence-corrected chi connectivity index (χ0v) is 12.7. The molecule has 2 aromatic rings. The third-order valence-electron chi connectivity index (χ3n) is 5.01. The lowest BCUT2D eigenvalue weighted by Gasteiger charge is -2.39. The van der Waals surface area contributed by atoms with E-state index in [0.717, 1.165) is 37.3 Å². The number of piperidine rings is 1. The van der Waals surface area contributed by atoms with Crippen molar-refractivity contribution in [2.45, 2.75) is 25.2 Å². The molecular weight excluding hydrogens is 274 g/mol. The number of aromatic nitrogens is 1. The SMILES string of the molecule is Cc1ccc(N2CCC3(CC2)C(=O)Nc2ncccc23)cc1. The fourth-order valence-electron chi connectivity index (χ4n) is 3.64. The van der Waals surface area contributed by atoms with Crippen molar-refractivity contribution in [1.29, 1.82) is 0 Å². The van der Waals surface area contributed by atoms with Crippen LogP contribution >= 0.6 is 0 Å². The number of pyridine rings is 1. The van der Waals surface area contributed by atoms with Gasteiger partial charge < -0.3 is 10.2 Å². The van der Waals surface area contributed by atoms with Crippen molar-refractivity contribution in [3.63, 3.8) is 0 Å². The number of carbonyl (C=O) groups is 1. The van der Waals surface area contributed by atoms with Crippen LogP contribution in [0, 0.1) is 6.92 Å². The molecule has 0 atom stereocenters. The van der Waals surface area contributed by atoms with Crippen LogP contribution in [0.2, 0.25) is 0 Å². The maximum absolute atomic E-state index is 12.5. The molecule has 4 heteroatoms. The molecule has 1 N–H and O–H groups in total. The average molecular weight is 293 g/mol. The standard InChI is InChI=1S/C18H19N3O/c1-13-4-6-14(7-5-13)21-11-8-18(9-12-21)15-3-2-10-19-16(15)20-17(18)22/h2-7,10H,8-9,11-12H2,1H3,(H,19,20,22). The summed E-state index contributed by atoms with van der Waals surface area (Å²) in [6.07, 6.45) is 3.41. The molecule has 2 aliphatic rings. The van der Waals surface area contributed by atoms with Crippen LogP contribution in [0.15, 0.2) is 42.6 Å². The maximum atomic E-state index is 12.5. The number of carbonyl (C=O) groups excluding carboxylic acids is 1. The molecule has 1 saturated heterocycles. The van der Waals surface area contributed by atoms with E-state index >= 15 is 0 Å². The van der Waals surface area contributed by atoms with Crippen LogP contribution in [0.25, 0.3) is 0 Å². The second-order valence-corrected chi connectivity index (χ2v) is 6.26. The predicted octanol–water partition coefficient (Wildman–Crippen LogP) is 2.88. The Labute approximate surface area is 130 Å². The van der Waals surface area contributed by atoms with Crippen LogP contribution in [0.1, 0.15) is 24.0 Å². The zero-order valence-electron chi connectivity index (χ0n) is 12.7. The molecule has 0 aliphatic carbocycles. The summed E-state index contributed by atoms with van der Waals surface area (Å²) in [6, 6.07) is 12.6. The van der Waals surface area contributed by atoms with Gasteiger partial charge in [0.2, 0.25) is 5.91 Å². The average Bonchev–Trinajstić information content (AvgIpc) is 2.82. The first kappa shape index (κ1) is 13.3. The van der Waals surface area contributed by atoms with Gasteiger partial charge in [-0.1, -0.05) is 23.8 Å². The highest BCUT2D eigenvalue weighted by atomic mass is 16.2. The van der Waals surface area contributed by atoms with Gasteiger partial charge in [-0.15, -0.1) is 0 Å². The number of rotatable bonds is 1. The van der Waals surface area contributed by atoms with E-state index in [1.165, 1.54) is 11.3 Å². The molecule has 0 bridgehead atoms. The Morgan fingerprint density at radius 1 is 1.14 bits per heavy atom. The fraction of sp³-hybridized carbons (Fsp3) is 0.333. The first-order chi connectivity index (χ1) is 10.7. The van der Waals surface area contributed by atoms with E-state index in [0.29, 0.717) is 0 Å². The molecule has 0 saturated carbocycles. The Hall–Kier alpha value is -2.36. The molecular formula is C18H19N3O. The van der Waals surface area contributed by atoms with E-state index in [4.69, 9.17) is 0 Å². The molecule has 22 heavy (non-hydrogen) atoms. The quantitative estimate of drug-likeness (QED) is 0.879. The molecule has 2 aliphatic heterocycles. The van der Waals surface area contributed by atoms with Gasteiger partial charge in [0.05, 0.1) is 5.41 Å². The van der Waals surface area contributed by atoms with Crippen LogP contribution in [-0.2, 0) is 10.2 Å². The van der Waals surface area contributed by atoms with Gasteiger partial charge in [0.15, 0.2) is 0 Å². The van der Waals surface area contributed by atoms with Crippen LogP contribution < -0.4 is 10.2 Å². The summed E-state index contributed by atoms with van der Waals surface area (Å²) >= 11 is 0. The van der Waals surface area contributed by atoms with E-state index in [1.807, 2.05) is 12.1 Å². The third-order valence-corrected chi connectivity index (χ3v) is 5.01. The number of nitrogens with one attached hydrogen (secondary N) is 1. The van der Waals surface area contributed by atoms with Gasteiger partial charge in [-0.2, -0.15) is 0 Å². The van der Waals surface area contributed by atoms with Crippen LogP contribution in [0.3, 0.4) is 0 Å². The Morgan fingerprint density at radius 2 is 1.86 bits per heavy atom. The largest absolute Gasteiger partial charge is 0.371 e. The minimum Gasteiger partial charge on any atom is -0.371 e. The summed E-state index contributed by atoms with van der Waals surface area (Å²) in [4.78, 5) is 19.2.